The van der Waals surface area contributed by atoms with Gasteiger partial charge in [-0.05, 0) is 56.8 Å². The molecule has 20 heteroatoms. The molecule has 1 saturated carbocycles. The third kappa shape index (κ3) is 14.6. The van der Waals surface area contributed by atoms with Crippen LogP contribution < -0.4 is 33.3 Å². The lowest BCUT2D eigenvalue weighted by Gasteiger charge is -2.19. The zero-order valence-electron chi connectivity index (χ0n) is 32.8. The number of benzene rings is 3. The van der Waals surface area contributed by atoms with Gasteiger partial charge in [0.25, 0.3) is 0 Å². The molecule has 1 aromatic heterocycles. The Hall–Kier alpha value is -3.64. The number of nitrogens with one attached hydrogen (secondary N) is 3. The standard InChI is InChI=1S/C17H15N3O3.C12H13F3O2.C6H4F3N.2CH4IN.ClH/c18-15-14-10-7-8(1-3-11(10)23-16(14)15)22-12-5-6-19-17-9(12)2-4-13(21)20-17;1-7(2)6-17-12(16)4-8-3-10(14)11(15)5-9(8)13;7-3-1-5(9)6(10)2-4(3)8;2*1-3-2;/h1,3,5-7,14-16H,2,4,18H2,(H,19,20,21);3,5,7H,4,6H2,1-2H3;1-2H,10H2;2*3H,1H3;1H/t14-,15-,16-;;;;;/m0...../s1/i/hT2. The van der Waals surface area contributed by atoms with E-state index in [-0.39, 0.29) is 54.2 Å². The molecule has 3 aliphatic rings. The molecule has 11 nitrogen and oxygen atoms in total. The first kappa shape index (κ1) is 46.1. The van der Waals surface area contributed by atoms with Crippen LogP contribution in [0.5, 0.6) is 17.2 Å². The Morgan fingerprint density at radius 2 is 1.56 bits per heavy atom. The molecular weight excluding hydrogens is 1010 g/mol. The van der Waals surface area contributed by atoms with Crippen LogP contribution in [0.2, 0.25) is 2.82 Å². The van der Waals surface area contributed by atoms with Crippen molar-refractivity contribution in [3.05, 3.63) is 106 Å². The Balaban J connectivity index is 0.000000294. The van der Waals surface area contributed by atoms with E-state index >= 15 is 0 Å². The van der Waals surface area contributed by atoms with E-state index in [0.29, 0.717) is 48.8 Å². The van der Waals surface area contributed by atoms with Gasteiger partial charge in [0.1, 0.15) is 43.6 Å². The van der Waals surface area contributed by atoms with Crippen molar-refractivity contribution < 1.29 is 53.0 Å². The Morgan fingerprint density at radius 1 is 0.965 bits per heavy atom. The topological polar surface area (TPSA) is 163 Å². The zero-order chi connectivity index (χ0) is 43.4. The van der Waals surface area contributed by atoms with Gasteiger partial charge in [-0.2, -0.15) is 0 Å². The summed E-state index contributed by atoms with van der Waals surface area (Å²) in [4.78, 5) is 26.9. The highest BCUT2D eigenvalue weighted by atomic mass is 127. The fourth-order valence-electron chi connectivity index (χ4n) is 5.13. The summed E-state index contributed by atoms with van der Waals surface area (Å²) in [5, 5.41) is 2.78. The summed E-state index contributed by atoms with van der Waals surface area (Å²) >= 11 is 3.69. The number of anilines is 2. The lowest BCUT2D eigenvalue weighted by molar-refractivity contribution is -0.143. The Bertz CT molecular complexity index is 2000. The van der Waals surface area contributed by atoms with Crippen LogP contribution >= 0.6 is 58.1 Å². The largest absolute Gasteiger partial charge is 0.488 e. The molecule has 0 saturated heterocycles. The smallest absolute Gasteiger partial charge is 0.310 e. The first-order valence-corrected chi connectivity index (χ1v) is 18.6. The summed E-state index contributed by atoms with van der Waals surface area (Å²) in [6.07, 6.45) is 2.45. The lowest BCUT2D eigenvalue weighted by Crippen LogP contribution is -2.20. The highest BCUT2D eigenvalue weighted by molar-refractivity contribution is 14.1. The number of rotatable bonds is 6. The molecule has 0 bridgehead atoms. The van der Waals surface area contributed by atoms with Crippen molar-refractivity contribution in [2.75, 3.05) is 31.8 Å². The van der Waals surface area contributed by atoms with E-state index in [2.05, 4.69) is 10.3 Å². The van der Waals surface area contributed by atoms with Gasteiger partial charge < -0.3 is 31.0 Å². The van der Waals surface area contributed by atoms with Gasteiger partial charge in [-0.1, -0.05) is 13.8 Å². The Labute approximate surface area is 362 Å². The molecule has 1 amide bonds. The van der Waals surface area contributed by atoms with Gasteiger partial charge in [-0.15, -0.1) is 12.4 Å². The van der Waals surface area contributed by atoms with Crippen molar-refractivity contribution in [2.45, 2.75) is 51.2 Å². The number of pyridine rings is 1. The third-order valence-corrected chi connectivity index (χ3v) is 7.75. The maximum atomic E-state index is 13.2. The summed E-state index contributed by atoms with van der Waals surface area (Å²) in [5.41, 5.74) is 12.3. The van der Waals surface area contributed by atoms with Crippen molar-refractivity contribution in [2.24, 2.45) is 11.7 Å². The lowest BCUT2D eigenvalue weighted by atomic mass is 10.1. The molecule has 1 fully saturated rings. The van der Waals surface area contributed by atoms with Gasteiger partial charge >= 0.3 is 5.97 Å². The number of amides is 1. The second-order valence-corrected chi connectivity index (χ2v) is 14.3. The molecule has 1 aliphatic carbocycles. The number of nitrogens with two attached hydrogens (primary N) is 2. The number of hydrogen-bond donors (Lipinski definition) is 5. The first-order valence-electron chi connectivity index (χ1n) is 17.5. The second-order valence-electron chi connectivity index (χ2n) is 12.4. The minimum atomic E-state index is -1.28. The molecule has 4 aromatic rings. The van der Waals surface area contributed by atoms with Crippen molar-refractivity contribution in [3.8, 4) is 17.2 Å². The van der Waals surface area contributed by atoms with Gasteiger partial charge in [-0.3, -0.25) is 16.6 Å². The van der Waals surface area contributed by atoms with Crippen LogP contribution in [0.1, 0.15) is 42.9 Å². The number of ether oxygens (including phenoxy) is 3. The van der Waals surface area contributed by atoms with Gasteiger partial charge in [0.05, 0.1) is 24.8 Å². The van der Waals surface area contributed by atoms with Crippen LogP contribution in [0.25, 0.3) is 0 Å². The normalized spacial score (nSPS) is 16.9. The van der Waals surface area contributed by atoms with Crippen molar-refractivity contribution >= 4 is 81.5 Å². The van der Waals surface area contributed by atoms with E-state index in [1.807, 2.05) is 83.8 Å². The summed E-state index contributed by atoms with van der Waals surface area (Å²) in [7, 11) is 3.31. The SMILES string of the molecule is CC(C)COC(=O)Cc1cc(F)c(F)cc1F.Cl.N[C@@H]1[C@H]2Oc3ccc(Oc4ccnc5c4CCC(=O)N5)cc3[C@@H]12.Nc1cc(F)c(F)cc1F.[3H]N(C)I.[3H]N(C)I. The van der Waals surface area contributed by atoms with Crippen LogP contribution in [0.3, 0.4) is 0 Å². The van der Waals surface area contributed by atoms with E-state index < -0.39 is 47.3 Å². The molecule has 0 spiro atoms. The number of fused-ring (bicyclic) bond motifs is 4. The molecule has 0 unspecified atom stereocenters. The van der Waals surface area contributed by atoms with Crippen molar-refractivity contribution in [1.29, 1.82) is 0 Å². The monoisotopic (exact) mass is 1060 g/mol. The number of nitrogen functional groups attached to an aromatic ring is 1. The van der Waals surface area contributed by atoms with E-state index in [9.17, 15) is 35.9 Å². The number of carbonyl (C=O) groups is 2. The number of esters is 1. The number of hydrogen-bond acceptors (Lipinski definition) is 10. The molecule has 3 atom stereocenters. The molecule has 7 rings (SSSR count). The fourth-order valence-corrected chi connectivity index (χ4v) is 5.13. The van der Waals surface area contributed by atoms with Gasteiger partial charge in [0.15, 0.2) is 23.3 Å². The van der Waals surface area contributed by atoms with E-state index in [1.54, 1.807) is 20.3 Å². The molecule has 7 N–H and O–H groups in total. The molecule has 312 valence electrons. The molecule has 57 heavy (non-hydrogen) atoms. The molecule has 2 aliphatic heterocycles. The summed E-state index contributed by atoms with van der Waals surface area (Å²) in [6.45, 7) is 3.92. The van der Waals surface area contributed by atoms with Crippen LogP contribution in [-0.2, 0) is 27.2 Å². The number of nitrogens with zero attached hydrogens (tertiary/aromatic N) is 1. The van der Waals surface area contributed by atoms with Crippen LogP contribution in [0, 0.1) is 40.8 Å². The average molecular weight is 1060 g/mol. The predicted molar refractivity (Wildman–Crippen MR) is 223 cm³/mol. The molecular formula is C37H41ClF6I2N6O5. The van der Waals surface area contributed by atoms with Gasteiger partial charge in [-0.25, -0.2) is 31.3 Å². The highest BCUT2D eigenvalue weighted by Crippen LogP contribution is 2.53. The van der Waals surface area contributed by atoms with Crippen LogP contribution in [0.4, 0.5) is 37.8 Å². The predicted octanol–water partition coefficient (Wildman–Crippen LogP) is 8.01. The van der Waals surface area contributed by atoms with Gasteiger partial charge in [0, 0.05) is 99.2 Å². The second kappa shape index (κ2) is 23.7. The number of aromatic nitrogens is 1. The zero-order valence-corrected chi connectivity index (χ0v) is 35.9. The van der Waals surface area contributed by atoms with Crippen LogP contribution in [0.15, 0.2) is 54.7 Å². The quantitative estimate of drug-likeness (QED) is 0.0320. The third-order valence-electron chi connectivity index (χ3n) is 7.75. The van der Waals surface area contributed by atoms with E-state index in [4.69, 9.17) is 28.5 Å². The number of halogens is 9. The minimum absolute atomic E-state index is 0. The maximum Gasteiger partial charge on any atom is 0.310 e. The van der Waals surface area contributed by atoms with Crippen molar-refractivity contribution in [1.82, 2.24) is 12.0 Å². The molecule has 3 aromatic carbocycles. The van der Waals surface area contributed by atoms with E-state index in [0.717, 1.165) is 28.4 Å². The van der Waals surface area contributed by atoms with E-state index in [1.165, 1.54) is 7.05 Å². The Kier molecular flexibility index (Phi) is 19.1. The average Bonchev–Trinajstić information content (AvgIpc) is 3.58. The first-order chi connectivity index (χ1) is 27.2. The molecule has 3 heterocycles. The minimum Gasteiger partial charge on any atom is -0.488 e. The fraction of sp³-hybridized carbons (Fsp3) is 0.324. The highest BCUT2D eigenvalue weighted by Gasteiger charge is 2.56. The van der Waals surface area contributed by atoms with Gasteiger partial charge in [0.2, 0.25) is 5.91 Å². The maximum absolute atomic E-state index is 13.2. The number of carbonyl (C=O) groups excluding carboxylic acids is 2. The van der Waals surface area contributed by atoms with Crippen LogP contribution in [-0.4, -0.2) is 49.7 Å². The summed E-state index contributed by atoms with van der Waals surface area (Å²) in [5.74, 6) is -3.98. The van der Waals surface area contributed by atoms with Crippen molar-refractivity contribution in [3.63, 3.8) is 0 Å². The Morgan fingerprint density at radius 3 is 2.18 bits per heavy atom. The summed E-state index contributed by atoms with van der Waals surface area (Å²) < 4.78 is 107. The molecule has 0 radical (unpaired) electrons. The summed E-state index contributed by atoms with van der Waals surface area (Å²) in [6, 6.07) is 9.84.